The van der Waals surface area contributed by atoms with Gasteiger partial charge in [-0.3, -0.25) is 20.4 Å². The number of nitrogens with zero attached hydrogens (tertiary/aromatic N) is 1. The Hall–Kier alpha value is -4.84. The van der Waals surface area contributed by atoms with Crippen molar-refractivity contribution in [3.05, 3.63) is 126 Å². The molecular formula is C34H32N4O2. The molecule has 0 radical (unpaired) electrons. The van der Waals surface area contributed by atoms with Gasteiger partial charge in [-0.05, 0) is 41.3 Å². The third-order valence-electron chi connectivity index (χ3n) is 7.94. The molecule has 0 saturated heterocycles. The van der Waals surface area contributed by atoms with Crippen molar-refractivity contribution < 1.29 is 9.59 Å². The van der Waals surface area contributed by atoms with Crippen LogP contribution >= 0.6 is 0 Å². The van der Waals surface area contributed by atoms with Crippen LogP contribution in [0.5, 0.6) is 0 Å². The number of fused-ring (bicyclic) bond motifs is 2. The van der Waals surface area contributed by atoms with Gasteiger partial charge >= 0.3 is 0 Å². The number of H-pyrrole nitrogens is 1. The summed E-state index contributed by atoms with van der Waals surface area (Å²) in [4.78, 5) is 33.6. The average Bonchev–Trinajstić information content (AvgIpc) is 3.52. The zero-order chi connectivity index (χ0) is 27.6. The number of para-hydroxylation sites is 2. The standard InChI is InChI=1S/C34H32N4O2/c1-3-22(2)31(33(39)37-36-24-16-8-5-9-17-24)38-32(25-18-10-11-19-26(25)34(38)40)29-27-20-12-13-21-28(27)35-30(29)23-14-6-4-7-15-23/h4-22,31-32,35-36H,3H2,1-2H3,(H,37,39). The van der Waals surface area contributed by atoms with E-state index in [9.17, 15) is 9.59 Å². The van der Waals surface area contributed by atoms with Gasteiger partial charge in [-0.2, -0.15) is 0 Å². The highest BCUT2D eigenvalue weighted by molar-refractivity contribution is 6.04. The lowest BCUT2D eigenvalue weighted by Crippen LogP contribution is -2.53. The molecule has 0 saturated carbocycles. The van der Waals surface area contributed by atoms with Crippen LogP contribution in [0.1, 0.15) is 47.8 Å². The van der Waals surface area contributed by atoms with Crippen LogP contribution in [-0.2, 0) is 4.79 Å². The summed E-state index contributed by atoms with van der Waals surface area (Å²) in [5.41, 5.74) is 12.2. The molecule has 0 aliphatic carbocycles. The van der Waals surface area contributed by atoms with Gasteiger partial charge in [0.2, 0.25) is 0 Å². The lowest BCUT2D eigenvalue weighted by atomic mass is 9.90. The van der Waals surface area contributed by atoms with E-state index in [4.69, 9.17) is 0 Å². The first-order chi connectivity index (χ1) is 19.6. The van der Waals surface area contributed by atoms with Crippen molar-refractivity contribution in [3.8, 4) is 11.3 Å². The van der Waals surface area contributed by atoms with Crippen LogP contribution in [0.3, 0.4) is 0 Å². The van der Waals surface area contributed by atoms with Gasteiger partial charge in [-0.25, -0.2) is 0 Å². The minimum absolute atomic E-state index is 0.0938. The van der Waals surface area contributed by atoms with Crippen molar-refractivity contribution in [1.29, 1.82) is 0 Å². The minimum Gasteiger partial charge on any atom is -0.354 e. The van der Waals surface area contributed by atoms with Gasteiger partial charge in [0.1, 0.15) is 6.04 Å². The normalized spacial score (nSPS) is 16.0. The van der Waals surface area contributed by atoms with Crippen LogP contribution in [0.2, 0.25) is 0 Å². The van der Waals surface area contributed by atoms with Crippen molar-refractivity contribution in [1.82, 2.24) is 15.3 Å². The van der Waals surface area contributed by atoms with Gasteiger partial charge in [0, 0.05) is 22.0 Å². The number of nitrogens with one attached hydrogen (secondary N) is 3. The van der Waals surface area contributed by atoms with Gasteiger partial charge in [-0.1, -0.05) is 105 Å². The molecule has 0 spiro atoms. The topological polar surface area (TPSA) is 77.2 Å². The number of carbonyl (C=O) groups excluding carboxylic acids is 2. The zero-order valence-corrected chi connectivity index (χ0v) is 22.6. The molecule has 200 valence electrons. The lowest BCUT2D eigenvalue weighted by Gasteiger charge is -2.36. The third-order valence-corrected chi connectivity index (χ3v) is 7.94. The van der Waals surface area contributed by atoms with E-state index < -0.39 is 12.1 Å². The van der Waals surface area contributed by atoms with E-state index in [0.29, 0.717) is 5.56 Å². The third kappa shape index (κ3) is 4.41. The molecule has 6 nitrogen and oxygen atoms in total. The average molecular weight is 529 g/mol. The molecule has 0 bridgehead atoms. The molecule has 1 aliphatic heterocycles. The number of hydrogen-bond acceptors (Lipinski definition) is 3. The predicted molar refractivity (Wildman–Crippen MR) is 160 cm³/mol. The van der Waals surface area contributed by atoms with Crippen LogP contribution in [0.15, 0.2) is 109 Å². The summed E-state index contributed by atoms with van der Waals surface area (Å²) in [6.45, 7) is 4.09. The number of benzene rings is 4. The second kappa shape index (κ2) is 10.7. The summed E-state index contributed by atoms with van der Waals surface area (Å²) in [5.74, 6) is -0.473. The number of carbonyl (C=O) groups is 2. The van der Waals surface area contributed by atoms with E-state index in [1.165, 1.54) is 0 Å². The van der Waals surface area contributed by atoms with Crippen molar-refractivity contribution in [2.45, 2.75) is 32.4 Å². The largest absolute Gasteiger partial charge is 0.354 e. The van der Waals surface area contributed by atoms with E-state index >= 15 is 0 Å². The maximum atomic E-state index is 14.2. The van der Waals surface area contributed by atoms with Crippen LogP contribution in [0.4, 0.5) is 5.69 Å². The first-order valence-electron chi connectivity index (χ1n) is 13.8. The second-order valence-electron chi connectivity index (χ2n) is 10.3. The Kier molecular flexibility index (Phi) is 6.83. The van der Waals surface area contributed by atoms with E-state index in [1.54, 1.807) is 0 Å². The molecule has 4 aromatic carbocycles. The fourth-order valence-corrected chi connectivity index (χ4v) is 5.81. The summed E-state index contributed by atoms with van der Waals surface area (Å²) in [6.07, 6.45) is 0.732. The fraction of sp³-hybridized carbons (Fsp3) is 0.176. The Balaban J connectivity index is 1.52. The Morgan fingerprint density at radius 3 is 2.27 bits per heavy atom. The molecule has 3 N–H and O–H groups in total. The van der Waals surface area contributed by atoms with Crippen molar-refractivity contribution in [2.75, 3.05) is 5.43 Å². The number of anilines is 1. The van der Waals surface area contributed by atoms with Gasteiger partial charge in [0.25, 0.3) is 11.8 Å². The molecule has 5 aromatic rings. The molecule has 6 rings (SSSR count). The highest BCUT2D eigenvalue weighted by Gasteiger charge is 2.47. The van der Waals surface area contributed by atoms with Crippen molar-refractivity contribution in [2.24, 2.45) is 5.92 Å². The minimum atomic E-state index is -0.705. The van der Waals surface area contributed by atoms with Crippen molar-refractivity contribution in [3.63, 3.8) is 0 Å². The maximum absolute atomic E-state index is 14.2. The van der Waals surface area contributed by atoms with Gasteiger partial charge < -0.3 is 9.88 Å². The first kappa shape index (κ1) is 25.4. The smallest absolute Gasteiger partial charge is 0.261 e. The molecule has 1 aromatic heterocycles. The lowest BCUT2D eigenvalue weighted by molar-refractivity contribution is -0.127. The van der Waals surface area contributed by atoms with E-state index in [1.807, 2.05) is 96.8 Å². The van der Waals surface area contributed by atoms with Crippen LogP contribution in [0, 0.1) is 5.92 Å². The molecule has 3 unspecified atom stereocenters. The Bertz CT molecular complexity index is 1660. The van der Waals surface area contributed by atoms with Gasteiger partial charge in [0.15, 0.2) is 0 Å². The van der Waals surface area contributed by atoms with Gasteiger partial charge in [0.05, 0.1) is 17.4 Å². The number of aromatic amines is 1. The van der Waals surface area contributed by atoms with Crippen LogP contribution in [-0.4, -0.2) is 27.7 Å². The summed E-state index contributed by atoms with van der Waals surface area (Å²) < 4.78 is 0. The Morgan fingerprint density at radius 1 is 0.875 bits per heavy atom. The summed E-state index contributed by atoms with van der Waals surface area (Å²) in [7, 11) is 0. The van der Waals surface area contributed by atoms with Gasteiger partial charge in [-0.15, -0.1) is 0 Å². The van der Waals surface area contributed by atoms with Crippen LogP contribution in [0.25, 0.3) is 22.2 Å². The van der Waals surface area contributed by atoms with Crippen molar-refractivity contribution >= 4 is 28.4 Å². The molecule has 2 amide bonds. The highest BCUT2D eigenvalue weighted by Crippen LogP contribution is 2.47. The Morgan fingerprint density at radius 2 is 1.52 bits per heavy atom. The maximum Gasteiger partial charge on any atom is 0.261 e. The monoisotopic (exact) mass is 528 g/mol. The summed E-state index contributed by atoms with van der Waals surface area (Å²) >= 11 is 0. The predicted octanol–water partition coefficient (Wildman–Crippen LogP) is 6.94. The number of hydrogen-bond donors (Lipinski definition) is 3. The number of amides is 2. The zero-order valence-electron chi connectivity index (χ0n) is 22.6. The molecule has 0 fully saturated rings. The molecule has 6 heteroatoms. The molecule has 40 heavy (non-hydrogen) atoms. The summed E-state index contributed by atoms with van der Waals surface area (Å²) in [6, 6.07) is 34.4. The molecular weight excluding hydrogens is 496 g/mol. The Labute approximate surface area is 234 Å². The fourth-order valence-electron chi connectivity index (χ4n) is 5.81. The number of aromatic nitrogens is 1. The molecule has 1 aliphatic rings. The number of hydrazine groups is 1. The quantitative estimate of drug-likeness (QED) is 0.191. The van der Waals surface area contributed by atoms with E-state index in [2.05, 4.69) is 47.0 Å². The summed E-state index contributed by atoms with van der Waals surface area (Å²) in [5, 5.41) is 1.03. The SMILES string of the molecule is CCC(C)C(C(=O)NNc1ccccc1)N1C(=O)c2ccccc2C1c1c(-c2ccccc2)[nH]c2ccccc12. The van der Waals surface area contributed by atoms with E-state index in [-0.39, 0.29) is 17.7 Å². The second-order valence-corrected chi connectivity index (χ2v) is 10.3. The molecule has 3 atom stereocenters. The molecule has 2 heterocycles. The van der Waals surface area contributed by atoms with Crippen LogP contribution < -0.4 is 10.9 Å². The first-order valence-corrected chi connectivity index (χ1v) is 13.8. The number of rotatable bonds is 8. The highest BCUT2D eigenvalue weighted by atomic mass is 16.2. The van der Waals surface area contributed by atoms with E-state index in [0.717, 1.165) is 45.4 Å².